The molecular formula is C15H18ClN3O. The fourth-order valence-electron chi connectivity index (χ4n) is 1.96. The van der Waals surface area contributed by atoms with Gasteiger partial charge in [0.15, 0.2) is 0 Å². The van der Waals surface area contributed by atoms with Gasteiger partial charge >= 0.3 is 0 Å². The van der Waals surface area contributed by atoms with Gasteiger partial charge in [-0.15, -0.1) is 0 Å². The first-order chi connectivity index (χ1) is 9.45. The molecule has 1 amide bonds. The van der Waals surface area contributed by atoms with E-state index in [1.54, 1.807) is 4.68 Å². The Morgan fingerprint density at radius 1 is 1.40 bits per heavy atom. The number of carbonyl (C=O) groups is 1. The van der Waals surface area contributed by atoms with Crippen LogP contribution in [0.1, 0.15) is 30.6 Å². The molecule has 0 saturated carbocycles. The third-order valence-corrected chi connectivity index (χ3v) is 3.39. The molecule has 1 heterocycles. The fraction of sp³-hybridized carbons (Fsp3) is 0.333. The Kier molecular flexibility index (Phi) is 4.45. The van der Waals surface area contributed by atoms with Crippen LogP contribution in [0.5, 0.6) is 0 Å². The number of halogens is 1. The molecule has 0 radical (unpaired) electrons. The van der Waals surface area contributed by atoms with E-state index in [4.69, 9.17) is 11.6 Å². The van der Waals surface area contributed by atoms with E-state index in [2.05, 4.69) is 10.4 Å². The summed E-state index contributed by atoms with van der Waals surface area (Å²) in [5.74, 6) is -0.0728. The largest absolute Gasteiger partial charge is 0.325 e. The van der Waals surface area contributed by atoms with Crippen LogP contribution in [-0.4, -0.2) is 15.7 Å². The highest BCUT2D eigenvalue weighted by molar-refractivity contribution is 6.33. The lowest BCUT2D eigenvalue weighted by Crippen LogP contribution is -2.18. The molecule has 1 atom stereocenters. The highest BCUT2D eigenvalue weighted by Gasteiger charge is 2.13. The first-order valence-electron chi connectivity index (χ1n) is 6.53. The molecule has 0 bridgehead atoms. The summed E-state index contributed by atoms with van der Waals surface area (Å²) in [6.07, 6.45) is 2.23. The summed E-state index contributed by atoms with van der Waals surface area (Å²) in [4.78, 5) is 12.0. The summed E-state index contributed by atoms with van der Waals surface area (Å²) < 4.78 is 1.80. The zero-order valence-corrected chi connectivity index (χ0v) is 12.6. The summed E-state index contributed by atoms with van der Waals surface area (Å²) in [7, 11) is 0. The molecule has 1 aromatic carbocycles. The maximum atomic E-state index is 12.0. The average Bonchev–Trinajstić information content (AvgIpc) is 2.79. The minimum atomic E-state index is -0.0728. The second kappa shape index (κ2) is 6.09. The van der Waals surface area contributed by atoms with E-state index in [-0.39, 0.29) is 11.9 Å². The highest BCUT2D eigenvalue weighted by atomic mass is 35.5. The van der Waals surface area contributed by atoms with Gasteiger partial charge in [0.05, 0.1) is 22.4 Å². The van der Waals surface area contributed by atoms with Crippen LogP contribution in [0, 0.1) is 13.8 Å². The standard InChI is InChI=1S/C15H18ClN3O/c1-10-4-5-14(13(16)8-10)17-15(20)9-12(3)19-7-6-11(2)18-19/h4-8,12H,9H2,1-3H3,(H,17,20). The van der Waals surface area contributed by atoms with Crippen molar-refractivity contribution in [2.45, 2.75) is 33.2 Å². The number of hydrogen-bond donors (Lipinski definition) is 1. The number of aromatic nitrogens is 2. The van der Waals surface area contributed by atoms with Gasteiger partial charge in [-0.1, -0.05) is 17.7 Å². The molecule has 4 nitrogen and oxygen atoms in total. The summed E-state index contributed by atoms with van der Waals surface area (Å²) >= 11 is 6.10. The quantitative estimate of drug-likeness (QED) is 0.933. The van der Waals surface area contributed by atoms with Crippen molar-refractivity contribution < 1.29 is 4.79 Å². The van der Waals surface area contributed by atoms with E-state index < -0.39 is 0 Å². The van der Waals surface area contributed by atoms with E-state index in [9.17, 15) is 4.79 Å². The summed E-state index contributed by atoms with van der Waals surface area (Å²) in [5.41, 5.74) is 2.65. The molecule has 0 aliphatic carbocycles. The highest BCUT2D eigenvalue weighted by Crippen LogP contribution is 2.23. The Bertz CT molecular complexity index is 621. The number of aryl methyl sites for hydroxylation is 2. The molecular weight excluding hydrogens is 274 g/mol. The summed E-state index contributed by atoms with van der Waals surface area (Å²) in [6.45, 7) is 5.84. The van der Waals surface area contributed by atoms with Crippen molar-refractivity contribution >= 4 is 23.2 Å². The number of rotatable bonds is 4. The normalized spacial score (nSPS) is 12.2. The predicted octanol–water partition coefficient (Wildman–Crippen LogP) is 3.74. The number of amides is 1. The van der Waals surface area contributed by atoms with E-state index in [0.29, 0.717) is 17.1 Å². The molecule has 0 saturated heterocycles. The van der Waals surface area contributed by atoms with Crippen molar-refractivity contribution in [2.24, 2.45) is 0 Å². The van der Waals surface area contributed by atoms with Gasteiger partial charge in [-0.05, 0) is 44.5 Å². The van der Waals surface area contributed by atoms with Gasteiger partial charge < -0.3 is 5.32 Å². The van der Waals surface area contributed by atoms with E-state index in [1.165, 1.54) is 0 Å². The van der Waals surface area contributed by atoms with Crippen molar-refractivity contribution in [3.8, 4) is 0 Å². The zero-order valence-electron chi connectivity index (χ0n) is 11.9. The molecule has 2 rings (SSSR count). The first kappa shape index (κ1) is 14.6. The Balaban J connectivity index is 1.98. The summed E-state index contributed by atoms with van der Waals surface area (Å²) in [6, 6.07) is 7.50. The minimum Gasteiger partial charge on any atom is -0.325 e. The Labute approximate surface area is 123 Å². The first-order valence-corrected chi connectivity index (χ1v) is 6.91. The SMILES string of the molecule is Cc1ccc(NC(=O)CC(C)n2ccc(C)n2)c(Cl)c1. The van der Waals surface area contributed by atoms with Crippen LogP contribution in [0.3, 0.4) is 0 Å². The maximum absolute atomic E-state index is 12.0. The maximum Gasteiger partial charge on any atom is 0.226 e. The molecule has 0 spiro atoms. The smallest absolute Gasteiger partial charge is 0.226 e. The summed E-state index contributed by atoms with van der Waals surface area (Å²) in [5, 5.41) is 7.70. The second-order valence-corrected chi connectivity index (χ2v) is 5.43. The zero-order chi connectivity index (χ0) is 14.7. The monoisotopic (exact) mass is 291 g/mol. The molecule has 0 aliphatic rings. The lowest BCUT2D eigenvalue weighted by atomic mass is 10.2. The van der Waals surface area contributed by atoms with Crippen molar-refractivity contribution in [3.05, 3.63) is 46.7 Å². The van der Waals surface area contributed by atoms with Gasteiger partial charge in [-0.3, -0.25) is 9.48 Å². The van der Waals surface area contributed by atoms with Gasteiger partial charge in [0, 0.05) is 12.6 Å². The molecule has 0 fully saturated rings. The van der Waals surface area contributed by atoms with Gasteiger partial charge in [0.1, 0.15) is 0 Å². The molecule has 20 heavy (non-hydrogen) atoms. The minimum absolute atomic E-state index is 0.00734. The van der Waals surface area contributed by atoms with Crippen LogP contribution >= 0.6 is 11.6 Å². The van der Waals surface area contributed by atoms with Crippen LogP contribution in [0.25, 0.3) is 0 Å². The number of carbonyl (C=O) groups excluding carboxylic acids is 1. The van der Waals surface area contributed by atoms with Crippen LogP contribution in [0.15, 0.2) is 30.5 Å². The third-order valence-electron chi connectivity index (χ3n) is 3.07. The number of hydrogen-bond acceptors (Lipinski definition) is 2. The number of anilines is 1. The number of benzene rings is 1. The van der Waals surface area contributed by atoms with Gasteiger partial charge in [-0.25, -0.2) is 0 Å². The van der Waals surface area contributed by atoms with Crippen molar-refractivity contribution in [1.29, 1.82) is 0 Å². The van der Waals surface area contributed by atoms with Crippen LogP contribution < -0.4 is 5.32 Å². The van der Waals surface area contributed by atoms with E-state index in [1.807, 2.05) is 51.2 Å². The molecule has 1 unspecified atom stereocenters. The molecule has 1 N–H and O–H groups in total. The third kappa shape index (κ3) is 3.61. The average molecular weight is 292 g/mol. The Morgan fingerprint density at radius 3 is 2.75 bits per heavy atom. The van der Waals surface area contributed by atoms with Crippen LogP contribution in [0.2, 0.25) is 5.02 Å². The molecule has 0 aliphatic heterocycles. The Morgan fingerprint density at radius 2 is 2.15 bits per heavy atom. The van der Waals surface area contributed by atoms with Gasteiger partial charge in [-0.2, -0.15) is 5.10 Å². The van der Waals surface area contributed by atoms with Crippen LogP contribution in [-0.2, 0) is 4.79 Å². The number of nitrogens with one attached hydrogen (secondary N) is 1. The Hall–Kier alpha value is -1.81. The lowest BCUT2D eigenvalue weighted by molar-refractivity contribution is -0.116. The van der Waals surface area contributed by atoms with Gasteiger partial charge in [0.25, 0.3) is 0 Å². The number of nitrogens with zero attached hydrogens (tertiary/aromatic N) is 2. The molecule has 2 aromatic rings. The van der Waals surface area contributed by atoms with Crippen molar-refractivity contribution in [2.75, 3.05) is 5.32 Å². The van der Waals surface area contributed by atoms with Crippen LogP contribution in [0.4, 0.5) is 5.69 Å². The van der Waals surface area contributed by atoms with Crippen molar-refractivity contribution in [3.63, 3.8) is 0 Å². The topological polar surface area (TPSA) is 46.9 Å². The fourth-order valence-corrected chi connectivity index (χ4v) is 2.25. The van der Waals surface area contributed by atoms with Gasteiger partial charge in [0.2, 0.25) is 5.91 Å². The van der Waals surface area contributed by atoms with E-state index >= 15 is 0 Å². The van der Waals surface area contributed by atoms with Crippen molar-refractivity contribution in [1.82, 2.24) is 9.78 Å². The predicted molar refractivity (Wildman–Crippen MR) is 81.1 cm³/mol. The molecule has 106 valence electrons. The molecule has 5 heteroatoms. The molecule has 1 aromatic heterocycles. The lowest BCUT2D eigenvalue weighted by Gasteiger charge is -2.13. The van der Waals surface area contributed by atoms with E-state index in [0.717, 1.165) is 11.3 Å². The second-order valence-electron chi connectivity index (χ2n) is 5.02.